The highest BCUT2D eigenvalue weighted by Gasteiger charge is 2.32. The molecular formula is C16H18FN3O4S. The van der Waals surface area contributed by atoms with Crippen molar-refractivity contribution in [2.24, 2.45) is 0 Å². The summed E-state index contributed by atoms with van der Waals surface area (Å²) in [6.07, 6.45) is 0. The van der Waals surface area contributed by atoms with Crippen LogP contribution in [0.1, 0.15) is 21.8 Å². The molecule has 3 rings (SSSR count). The van der Waals surface area contributed by atoms with E-state index >= 15 is 0 Å². The maximum absolute atomic E-state index is 13.3. The molecule has 2 aromatic rings. The quantitative estimate of drug-likeness (QED) is 0.822. The van der Waals surface area contributed by atoms with Crippen LogP contribution in [-0.4, -0.2) is 54.9 Å². The van der Waals surface area contributed by atoms with Crippen LogP contribution in [0.4, 0.5) is 4.39 Å². The van der Waals surface area contributed by atoms with Crippen molar-refractivity contribution in [2.45, 2.75) is 18.7 Å². The molecule has 1 amide bonds. The van der Waals surface area contributed by atoms with Crippen LogP contribution in [0.15, 0.2) is 33.7 Å². The fraction of sp³-hybridized carbons (Fsp3) is 0.375. The van der Waals surface area contributed by atoms with Crippen molar-refractivity contribution >= 4 is 15.9 Å². The van der Waals surface area contributed by atoms with Crippen molar-refractivity contribution in [1.82, 2.24) is 14.4 Å². The van der Waals surface area contributed by atoms with Crippen LogP contribution >= 0.6 is 0 Å². The second-order valence-corrected chi connectivity index (χ2v) is 7.79. The number of sulfonamides is 1. The number of hydrogen-bond donors (Lipinski definition) is 0. The van der Waals surface area contributed by atoms with E-state index in [-0.39, 0.29) is 37.0 Å². The third-order valence-corrected chi connectivity index (χ3v) is 6.10. The van der Waals surface area contributed by atoms with Crippen LogP contribution in [0.2, 0.25) is 0 Å². The number of aromatic nitrogens is 1. The molecule has 1 saturated heterocycles. The zero-order valence-electron chi connectivity index (χ0n) is 13.9. The molecule has 0 N–H and O–H groups in total. The highest BCUT2D eigenvalue weighted by atomic mass is 32.2. The van der Waals surface area contributed by atoms with Crippen molar-refractivity contribution in [3.63, 3.8) is 0 Å². The number of nitrogens with zero attached hydrogens (tertiary/aromatic N) is 3. The molecule has 1 aromatic carbocycles. The molecule has 0 unspecified atom stereocenters. The lowest BCUT2D eigenvalue weighted by Crippen LogP contribution is -2.50. The Morgan fingerprint density at radius 2 is 1.88 bits per heavy atom. The first-order valence-electron chi connectivity index (χ1n) is 7.78. The molecule has 0 bridgehead atoms. The minimum Gasteiger partial charge on any atom is -0.361 e. The Morgan fingerprint density at radius 3 is 2.44 bits per heavy atom. The van der Waals surface area contributed by atoms with E-state index in [1.165, 1.54) is 22.5 Å². The van der Waals surface area contributed by atoms with E-state index in [0.29, 0.717) is 17.0 Å². The van der Waals surface area contributed by atoms with Crippen LogP contribution in [0, 0.1) is 19.7 Å². The summed E-state index contributed by atoms with van der Waals surface area (Å²) in [5, 5.41) is 3.77. The van der Waals surface area contributed by atoms with Gasteiger partial charge < -0.3 is 9.42 Å². The number of piperazine rings is 1. The minimum atomic E-state index is -3.78. The Bertz CT molecular complexity index is 882. The summed E-state index contributed by atoms with van der Waals surface area (Å²) in [6.45, 7) is 4.14. The largest absolute Gasteiger partial charge is 0.361 e. The van der Waals surface area contributed by atoms with Gasteiger partial charge in [0.25, 0.3) is 5.91 Å². The molecule has 1 aliphatic rings. The van der Waals surface area contributed by atoms with Gasteiger partial charge in [-0.3, -0.25) is 4.79 Å². The minimum absolute atomic E-state index is 0.0852. The first-order chi connectivity index (χ1) is 11.8. The predicted octanol–water partition coefficient (Wildman–Crippen LogP) is 1.58. The molecule has 0 spiro atoms. The monoisotopic (exact) mass is 367 g/mol. The molecule has 9 heteroatoms. The average molecular weight is 367 g/mol. The highest BCUT2D eigenvalue weighted by Crippen LogP contribution is 2.20. The van der Waals surface area contributed by atoms with Crippen molar-refractivity contribution < 1.29 is 22.1 Å². The van der Waals surface area contributed by atoms with Gasteiger partial charge in [-0.2, -0.15) is 4.31 Å². The fourth-order valence-electron chi connectivity index (χ4n) is 2.85. The molecule has 0 radical (unpaired) electrons. The number of rotatable bonds is 3. The SMILES string of the molecule is Cc1noc(C)c1C(=O)N1CCN(S(=O)(=O)c2cccc(F)c2)CC1. The van der Waals surface area contributed by atoms with Crippen LogP contribution in [0.5, 0.6) is 0 Å². The van der Waals surface area contributed by atoms with Crippen molar-refractivity contribution in [3.05, 3.63) is 47.1 Å². The predicted molar refractivity (Wildman–Crippen MR) is 87.0 cm³/mol. The summed E-state index contributed by atoms with van der Waals surface area (Å²) in [5.41, 5.74) is 0.929. The second-order valence-electron chi connectivity index (χ2n) is 5.85. The van der Waals surface area contributed by atoms with Gasteiger partial charge >= 0.3 is 0 Å². The zero-order chi connectivity index (χ0) is 18.2. The Hall–Kier alpha value is -2.26. The van der Waals surface area contributed by atoms with E-state index < -0.39 is 15.8 Å². The van der Waals surface area contributed by atoms with Gasteiger partial charge in [0.05, 0.1) is 10.6 Å². The molecule has 7 nitrogen and oxygen atoms in total. The number of aryl methyl sites for hydroxylation is 2. The smallest absolute Gasteiger partial charge is 0.259 e. The van der Waals surface area contributed by atoms with E-state index in [1.807, 2.05) is 0 Å². The van der Waals surface area contributed by atoms with Gasteiger partial charge in [-0.15, -0.1) is 0 Å². The molecule has 134 valence electrons. The van der Waals surface area contributed by atoms with E-state index in [9.17, 15) is 17.6 Å². The molecule has 1 fully saturated rings. The van der Waals surface area contributed by atoms with Gasteiger partial charge in [0, 0.05) is 26.2 Å². The number of carbonyl (C=O) groups is 1. The summed E-state index contributed by atoms with van der Waals surface area (Å²) >= 11 is 0. The van der Waals surface area contributed by atoms with Gasteiger partial charge in [0.1, 0.15) is 17.1 Å². The summed E-state index contributed by atoms with van der Waals surface area (Å²) in [7, 11) is -3.78. The van der Waals surface area contributed by atoms with Crippen LogP contribution in [0.25, 0.3) is 0 Å². The van der Waals surface area contributed by atoms with Crippen molar-refractivity contribution in [3.8, 4) is 0 Å². The van der Waals surface area contributed by atoms with Crippen LogP contribution < -0.4 is 0 Å². The lowest BCUT2D eigenvalue weighted by molar-refractivity contribution is 0.0695. The summed E-state index contributed by atoms with van der Waals surface area (Å²) in [6, 6.07) is 4.91. The number of hydrogen-bond acceptors (Lipinski definition) is 5. The molecule has 0 aliphatic carbocycles. The second kappa shape index (κ2) is 6.57. The molecule has 25 heavy (non-hydrogen) atoms. The maximum atomic E-state index is 13.3. The molecule has 1 aromatic heterocycles. The Balaban J connectivity index is 1.73. The van der Waals surface area contributed by atoms with Gasteiger partial charge in [-0.05, 0) is 32.0 Å². The topological polar surface area (TPSA) is 83.7 Å². The zero-order valence-corrected chi connectivity index (χ0v) is 14.7. The number of halogens is 1. The van der Waals surface area contributed by atoms with Gasteiger partial charge in [0.15, 0.2) is 0 Å². The van der Waals surface area contributed by atoms with Gasteiger partial charge in [-0.25, -0.2) is 12.8 Å². The molecule has 0 atom stereocenters. The lowest BCUT2D eigenvalue weighted by atomic mass is 10.1. The number of carbonyl (C=O) groups excluding carboxylic acids is 1. The van der Waals surface area contributed by atoms with E-state index in [4.69, 9.17) is 4.52 Å². The van der Waals surface area contributed by atoms with Gasteiger partial charge in [0.2, 0.25) is 10.0 Å². The van der Waals surface area contributed by atoms with Crippen LogP contribution in [-0.2, 0) is 10.0 Å². The van der Waals surface area contributed by atoms with Crippen molar-refractivity contribution in [1.29, 1.82) is 0 Å². The molecule has 2 heterocycles. The molecule has 0 saturated carbocycles. The third kappa shape index (κ3) is 3.29. The summed E-state index contributed by atoms with van der Waals surface area (Å²) < 4.78 is 44.8. The fourth-order valence-corrected chi connectivity index (χ4v) is 4.31. The summed E-state index contributed by atoms with van der Waals surface area (Å²) in [4.78, 5) is 14.1. The normalized spacial score (nSPS) is 16.2. The van der Waals surface area contributed by atoms with Gasteiger partial charge in [-0.1, -0.05) is 11.2 Å². The summed E-state index contributed by atoms with van der Waals surface area (Å²) in [5.74, 6) is -0.385. The van der Waals surface area contributed by atoms with E-state index in [2.05, 4.69) is 5.16 Å². The standard InChI is InChI=1S/C16H18FN3O4S/c1-11-15(12(2)24-18-11)16(21)19-6-8-20(9-7-19)25(22,23)14-5-3-4-13(17)10-14/h3-5,10H,6-9H2,1-2H3. The Labute approximate surface area is 145 Å². The van der Waals surface area contributed by atoms with Crippen molar-refractivity contribution in [2.75, 3.05) is 26.2 Å². The molecule has 1 aliphatic heterocycles. The van der Waals surface area contributed by atoms with E-state index in [1.54, 1.807) is 18.7 Å². The Kier molecular flexibility index (Phi) is 4.61. The maximum Gasteiger partial charge on any atom is 0.259 e. The first-order valence-corrected chi connectivity index (χ1v) is 9.22. The highest BCUT2D eigenvalue weighted by molar-refractivity contribution is 7.89. The third-order valence-electron chi connectivity index (χ3n) is 4.21. The number of amides is 1. The lowest BCUT2D eigenvalue weighted by Gasteiger charge is -2.34. The van der Waals surface area contributed by atoms with Crippen LogP contribution in [0.3, 0.4) is 0 Å². The molecular weight excluding hydrogens is 349 g/mol. The number of benzene rings is 1. The Morgan fingerprint density at radius 1 is 1.20 bits per heavy atom. The average Bonchev–Trinajstić information content (AvgIpc) is 2.93. The first kappa shape index (κ1) is 17.6. The van der Waals surface area contributed by atoms with E-state index in [0.717, 1.165) is 6.07 Å².